The van der Waals surface area contributed by atoms with Crippen LogP contribution in [0.1, 0.15) is 55.7 Å². The van der Waals surface area contributed by atoms with Crippen molar-refractivity contribution in [3.05, 3.63) is 71.4 Å². The van der Waals surface area contributed by atoms with Gasteiger partial charge in [-0.25, -0.2) is 0 Å². The van der Waals surface area contributed by atoms with Gasteiger partial charge in [0.05, 0.1) is 11.6 Å². The van der Waals surface area contributed by atoms with Gasteiger partial charge in [0.1, 0.15) is 5.78 Å². The summed E-state index contributed by atoms with van der Waals surface area (Å²) < 4.78 is 1.37. The van der Waals surface area contributed by atoms with E-state index in [1.165, 1.54) is 34.1 Å². The van der Waals surface area contributed by atoms with E-state index in [4.69, 9.17) is 0 Å². The number of hydrogen-bond acceptors (Lipinski definition) is 4. The Morgan fingerprint density at radius 1 is 1.16 bits per heavy atom. The quantitative estimate of drug-likeness (QED) is 0.440. The summed E-state index contributed by atoms with van der Waals surface area (Å²) in [5.41, 5.74) is 3.77. The number of Topliss-reactive ketones (excluding diaryl/α,β-unsaturated/α-hetero) is 1. The topological polar surface area (TPSA) is 33.2 Å². The molecule has 1 aromatic carbocycles. The molecule has 0 spiro atoms. The Morgan fingerprint density at radius 3 is 2.84 bits per heavy atom. The van der Waals surface area contributed by atoms with Crippen LogP contribution in [0.3, 0.4) is 0 Å². The van der Waals surface area contributed by atoms with E-state index in [2.05, 4.69) is 45.6 Å². The molecular weight excluding hydrogens is 400 g/mol. The van der Waals surface area contributed by atoms with Crippen LogP contribution in [0, 0.1) is 5.92 Å². The van der Waals surface area contributed by atoms with E-state index in [-0.39, 0.29) is 11.8 Å². The standard InChI is InChI=1S/C27H30N2OS/c30-27(22-5-1-2-6-22)24(25-7-3-4-14-28-25)12-17-29-15-10-20(11-16-29)23-9-8-21-13-18-31-26(21)19-23/h3-4,7-10,13-14,18-19,22,24H,1-2,5-6,11-12,15-17H2. The maximum Gasteiger partial charge on any atom is 0.145 e. The van der Waals surface area contributed by atoms with Crippen molar-refractivity contribution >= 4 is 32.8 Å². The Bertz CT molecular complexity index is 1070. The lowest BCUT2D eigenvalue weighted by Crippen LogP contribution is -2.32. The molecule has 1 unspecified atom stereocenters. The summed E-state index contributed by atoms with van der Waals surface area (Å²) in [6.45, 7) is 2.97. The van der Waals surface area contributed by atoms with Gasteiger partial charge in [-0.3, -0.25) is 14.7 Å². The summed E-state index contributed by atoms with van der Waals surface area (Å²) in [5.74, 6) is 0.608. The molecule has 160 valence electrons. The van der Waals surface area contributed by atoms with Crippen molar-refractivity contribution in [1.29, 1.82) is 0 Å². The predicted molar refractivity (Wildman–Crippen MR) is 129 cm³/mol. The zero-order valence-electron chi connectivity index (χ0n) is 18.0. The number of ketones is 1. The first-order valence-corrected chi connectivity index (χ1v) is 12.5. The van der Waals surface area contributed by atoms with E-state index < -0.39 is 0 Å². The van der Waals surface area contributed by atoms with Crippen LogP contribution in [0.2, 0.25) is 0 Å². The number of thiophene rings is 1. The molecule has 3 aromatic rings. The normalized spacial score (nSPS) is 18.9. The van der Waals surface area contributed by atoms with Gasteiger partial charge in [-0.2, -0.15) is 0 Å². The van der Waals surface area contributed by atoms with Gasteiger partial charge in [-0.15, -0.1) is 11.3 Å². The third kappa shape index (κ3) is 4.65. The minimum absolute atomic E-state index is 0.0593. The van der Waals surface area contributed by atoms with Crippen LogP contribution in [0.25, 0.3) is 15.7 Å². The first-order chi connectivity index (χ1) is 15.3. The molecule has 31 heavy (non-hydrogen) atoms. The summed E-state index contributed by atoms with van der Waals surface area (Å²) in [7, 11) is 0. The van der Waals surface area contributed by atoms with Gasteiger partial charge in [0.2, 0.25) is 0 Å². The molecule has 3 nitrogen and oxygen atoms in total. The Hall–Kier alpha value is -2.30. The zero-order valence-corrected chi connectivity index (χ0v) is 18.8. The SMILES string of the molecule is O=C(C1CCCC1)C(CCN1CC=C(c2ccc3ccsc3c2)CC1)c1ccccn1. The highest BCUT2D eigenvalue weighted by Gasteiger charge is 2.31. The summed E-state index contributed by atoms with van der Waals surface area (Å²) in [6.07, 6.45) is 10.7. The number of benzene rings is 1. The van der Waals surface area contributed by atoms with Crippen LogP contribution in [0.15, 0.2) is 60.1 Å². The molecule has 1 fully saturated rings. The second kappa shape index (κ2) is 9.46. The molecule has 0 amide bonds. The monoisotopic (exact) mass is 430 g/mol. The molecule has 0 N–H and O–H groups in total. The van der Waals surface area contributed by atoms with Crippen molar-refractivity contribution in [1.82, 2.24) is 9.88 Å². The Labute approximate surface area is 188 Å². The molecule has 1 saturated carbocycles. The van der Waals surface area contributed by atoms with E-state index >= 15 is 0 Å². The van der Waals surface area contributed by atoms with Gasteiger partial charge < -0.3 is 0 Å². The lowest BCUT2D eigenvalue weighted by Gasteiger charge is -2.28. The number of aromatic nitrogens is 1. The maximum atomic E-state index is 13.3. The van der Waals surface area contributed by atoms with Gasteiger partial charge >= 0.3 is 0 Å². The number of nitrogens with zero attached hydrogens (tertiary/aromatic N) is 2. The minimum Gasteiger partial charge on any atom is -0.299 e. The van der Waals surface area contributed by atoms with E-state index in [1.54, 1.807) is 0 Å². The van der Waals surface area contributed by atoms with Crippen molar-refractivity contribution in [3.8, 4) is 0 Å². The first-order valence-electron chi connectivity index (χ1n) is 11.6. The Kier molecular flexibility index (Phi) is 6.28. The summed E-state index contributed by atoms with van der Waals surface area (Å²) in [5, 5.41) is 3.50. The fourth-order valence-corrected chi connectivity index (χ4v) is 5.98. The third-order valence-corrected chi connectivity index (χ3v) is 7.88. The fraction of sp³-hybridized carbons (Fsp3) is 0.407. The molecule has 1 atom stereocenters. The van der Waals surface area contributed by atoms with Crippen molar-refractivity contribution in [2.45, 2.75) is 44.4 Å². The summed E-state index contributed by atoms with van der Waals surface area (Å²) in [4.78, 5) is 20.3. The molecule has 1 aliphatic carbocycles. The number of carbonyl (C=O) groups excluding carboxylic acids is 1. The van der Waals surface area contributed by atoms with Crippen molar-refractivity contribution in [2.24, 2.45) is 5.92 Å². The zero-order chi connectivity index (χ0) is 21.0. The number of carbonyl (C=O) groups is 1. The number of fused-ring (bicyclic) bond motifs is 1. The van der Waals surface area contributed by atoms with Crippen molar-refractivity contribution in [3.63, 3.8) is 0 Å². The summed E-state index contributed by atoms with van der Waals surface area (Å²) >= 11 is 1.81. The molecule has 0 bridgehead atoms. The van der Waals surface area contributed by atoms with E-state index in [0.717, 1.165) is 51.0 Å². The van der Waals surface area contributed by atoms with Crippen LogP contribution < -0.4 is 0 Å². The predicted octanol–water partition coefficient (Wildman–Crippen LogP) is 6.32. The molecule has 0 saturated heterocycles. The van der Waals surface area contributed by atoms with E-state index in [0.29, 0.717) is 5.78 Å². The second-order valence-corrected chi connectivity index (χ2v) is 9.88. The molecule has 5 rings (SSSR count). The number of rotatable bonds is 7. The van der Waals surface area contributed by atoms with Crippen LogP contribution in [0.4, 0.5) is 0 Å². The van der Waals surface area contributed by atoms with E-state index in [9.17, 15) is 4.79 Å². The highest BCUT2D eigenvalue weighted by atomic mass is 32.1. The van der Waals surface area contributed by atoms with Crippen LogP contribution in [-0.4, -0.2) is 35.3 Å². The van der Waals surface area contributed by atoms with Crippen molar-refractivity contribution < 1.29 is 4.79 Å². The third-order valence-electron chi connectivity index (χ3n) is 7.00. The van der Waals surface area contributed by atoms with Gasteiger partial charge in [0.25, 0.3) is 0 Å². The summed E-state index contributed by atoms with van der Waals surface area (Å²) in [6, 6.07) is 15.0. The second-order valence-electron chi connectivity index (χ2n) is 8.93. The molecule has 2 aromatic heterocycles. The smallest absolute Gasteiger partial charge is 0.145 e. The fourth-order valence-electron chi connectivity index (χ4n) is 5.16. The van der Waals surface area contributed by atoms with Gasteiger partial charge in [-0.05, 0) is 78.4 Å². The molecule has 4 heteroatoms. The number of hydrogen-bond donors (Lipinski definition) is 0. The minimum atomic E-state index is -0.0593. The lowest BCUT2D eigenvalue weighted by atomic mass is 9.86. The average Bonchev–Trinajstić information content (AvgIpc) is 3.52. The molecule has 3 heterocycles. The van der Waals surface area contributed by atoms with E-state index in [1.807, 2.05) is 35.7 Å². The Morgan fingerprint density at radius 2 is 2.06 bits per heavy atom. The van der Waals surface area contributed by atoms with Crippen LogP contribution in [0.5, 0.6) is 0 Å². The van der Waals surface area contributed by atoms with Crippen LogP contribution >= 0.6 is 11.3 Å². The number of pyridine rings is 1. The molecular formula is C27H30N2OS. The molecule has 1 aliphatic heterocycles. The highest BCUT2D eigenvalue weighted by molar-refractivity contribution is 7.17. The largest absolute Gasteiger partial charge is 0.299 e. The molecule has 2 aliphatic rings. The average molecular weight is 431 g/mol. The van der Waals surface area contributed by atoms with Gasteiger partial charge in [0, 0.05) is 29.9 Å². The maximum absolute atomic E-state index is 13.3. The highest BCUT2D eigenvalue weighted by Crippen LogP contribution is 2.33. The van der Waals surface area contributed by atoms with Gasteiger partial charge in [0.15, 0.2) is 0 Å². The first kappa shape index (κ1) is 20.6. The van der Waals surface area contributed by atoms with Crippen LogP contribution in [-0.2, 0) is 4.79 Å². The molecule has 0 radical (unpaired) electrons. The van der Waals surface area contributed by atoms with Gasteiger partial charge in [-0.1, -0.05) is 37.1 Å². The van der Waals surface area contributed by atoms with Crippen molar-refractivity contribution in [2.75, 3.05) is 19.6 Å². The lowest BCUT2D eigenvalue weighted by molar-refractivity contribution is -0.124. The Balaban J connectivity index is 1.24.